The van der Waals surface area contributed by atoms with Gasteiger partial charge in [-0.3, -0.25) is 18.7 Å². The van der Waals surface area contributed by atoms with E-state index in [2.05, 4.69) is 5.32 Å². The molecule has 1 heterocycles. The summed E-state index contributed by atoms with van der Waals surface area (Å²) >= 11 is 0. The molecule has 0 spiro atoms. The zero-order chi connectivity index (χ0) is 20.3. The van der Waals surface area contributed by atoms with Gasteiger partial charge in [0.2, 0.25) is 5.91 Å². The minimum Gasteiger partial charge on any atom is -0.352 e. The molecule has 6 nitrogen and oxygen atoms in total. The summed E-state index contributed by atoms with van der Waals surface area (Å²) in [5.41, 5.74) is 0.320. The number of benzene rings is 2. The van der Waals surface area contributed by atoms with Crippen molar-refractivity contribution in [3.63, 3.8) is 0 Å². The van der Waals surface area contributed by atoms with Crippen LogP contribution >= 0.6 is 0 Å². The Labute approximate surface area is 163 Å². The fourth-order valence-electron chi connectivity index (χ4n) is 3.34. The highest BCUT2D eigenvalue weighted by molar-refractivity contribution is 5.87. The Hall–Kier alpha value is -3.15. The third-order valence-electron chi connectivity index (χ3n) is 5.02. The Bertz CT molecular complexity index is 1100. The maximum absolute atomic E-state index is 13.3. The maximum atomic E-state index is 13.3. The highest BCUT2D eigenvalue weighted by Gasteiger charge is 2.27. The zero-order valence-electron chi connectivity index (χ0n) is 16.4. The van der Waals surface area contributed by atoms with Crippen LogP contribution in [0.4, 0.5) is 0 Å². The van der Waals surface area contributed by atoms with Gasteiger partial charge in [-0.2, -0.15) is 0 Å². The molecule has 0 aliphatic rings. The van der Waals surface area contributed by atoms with Crippen molar-refractivity contribution in [2.45, 2.75) is 45.8 Å². The lowest BCUT2D eigenvalue weighted by molar-refractivity contribution is -0.123. The van der Waals surface area contributed by atoms with Crippen molar-refractivity contribution in [3.05, 3.63) is 81.0 Å². The summed E-state index contributed by atoms with van der Waals surface area (Å²) in [6, 6.07) is 15.2. The average Bonchev–Trinajstić information content (AvgIpc) is 2.72. The lowest BCUT2D eigenvalue weighted by Crippen LogP contribution is -2.46. The fourth-order valence-corrected chi connectivity index (χ4v) is 3.34. The number of carbonyl (C=O) groups excluding carboxylic acids is 1. The molecular weight excluding hydrogens is 354 g/mol. The minimum atomic E-state index is -0.869. The fraction of sp³-hybridized carbons (Fsp3) is 0.318. The van der Waals surface area contributed by atoms with Gasteiger partial charge in [0.05, 0.1) is 10.9 Å². The first kappa shape index (κ1) is 19.6. The molecule has 0 radical (unpaired) electrons. The third kappa shape index (κ3) is 3.50. The van der Waals surface area contributed by atoms with Crippen LogP contribution in [0.1, 0.15) is 38.8 Å². The number of nitrogens with one attached hydrogen (secondary N) is 1. The molecule has 0 aliphatic heterocycles. The molecule has 1 amide bonds. The predicted octanol–water partition coefficient (Wildman–Crippen LogP) is 2.69. The van der Waals surface area contributed by atoms with E-state index in [0.717, 1.165) is 6.42 Å². The monoisotopic (exact) mass is 379 g/mol. The number of aromatic nitrogens is 2. The van der Waals surface area contributed by atoms with Gasteiger partial charge in [-0.05, 0) is 38.0 Å². The van der Waals surface area contributed by atoms with Crippen LogP contribution in [0.25, 0.3) is 10.9 Å². The molecule has 0 saturated heterocycles. The van der Waals surface area contributed by atoms with Crippen molar-refractivity contribution in [2.75, 3.05) is 0 Å². The van der Waals surface area contributed by atoms with Crippen LogP contribution in [0.3, 0.4) is 0 Å². The first-order valence-corrected chi connectivity index (χ1v) is 9.59. The zero-order valence-corrected chi connectivity index (χ0v) is 16.4. The van der Waals surface area contributed by atoms with E-state index in [4.69, 9.17) is 0 Å². The smallest absolute Gasteiger partial charge is 0.332 e. The molecule has 3 aromatic rings. The normalized spacial score (nSPS) is 13.2. The van der Waals surface area contributed by atoms with Crippen molar-refractivity contribution >= 4 is 16.8 Å². The number of rotatable bonds is 6. The molecule has 6 heteroatoms. The molecule has 0 fully saturated rings. The van der Waals surface area contributed by atoms with Crippen molar-refractivity contribution in [1.29, 1.82) is 0 Å². The molecular formula is C22H25N3O3. The SMILES string of the molecule is CC[C@@H](C)NC(=O)[C@@H](c1ccccc1)n1c(=O)n(CC)c(=O)c2ccccc21. The van der Waals surface area contributed by atoms with Gasteiger partial charge in [0, 0.05) is 12.6 Å². The van der Waals surface area contributed by atoms with E-state index >= 15 is 0 Å². The summed E-state index contributed by atoms with van der Waals surface area (Å²) in [5.74, 6) is -0.269. The van der Waals surface area contributed by atoms with Crippen molar-refractivity contribution in [1.82, 2.24) is 14.5 Å². The van der Waals surface area contributed by atoms with E-state index in [1.165, 1.54) is 9.13 Å². The van der Waals surface area contributed by atoms with Crippen LogP contribution < -0.4 is 16.6 Å². The van der Waals surface area contributed by atoms with Gasteiger partial charge < -0.3 is 5.32 Å². The Balaban J connectivity index is 2.35. The molecule has 2 atom stereocenters. The molecule has 0 saturated carbocycles. The second-order valence-electron chi connectivity index (χ2n) is 6.85. The summed E-state index contributed by atoms with van der Waals surface area (Å²) in [4.78, 5) is 39.2. The molecule has 0 bridgehead atoms. The Morgan fingerprint density at radius 3 is 2.29 bits per heavy atom. The largest absolute Gasteiger partial charge is 0.352 e. The first-order chi connectivity index (χ1) is 13.5. The van der Waals surface area contributed by atoms with E-state index < -0.39 is 11.7 Å². The topological polar surface area (TPSA) is 73.1 Å². The van der Waals surface area contributed by atoms with Gasteiger partial charge in [0.1, 0.15) is 6.04 Å². The second-order valence-corrected chi connectivity index (χ2v) is 6.85. The van der Waals surface area contributed by atoms with Gasteiger partial charge >= 0.3 is 5.69 Å². The van der Waals surface area contributed by atoms with E-state index in [1.807, 2.05) is 44.2 Å². The molecule has 0 unspecified atom stereocenters. The number of nitrogens with zero attached hydrogens (tertiary/aromatic N) is 2. The van der Waals surface area contributed by atoms with Crippen LogP contribution in [0.5, 0.6) is 0 Å². The van der Waals surface area contributed by atoms with Crippen LogP contribution in [-0.2, 0) is 11.3 Å². The van der Waals surface area contributed by atoms with Crippen LogP contribution in [0.2, 0.25) is 0 Å². The molecule has 1 aromatic heterocycles. The second kappa shape index (κ2) is 8.25. The summed E-state index contributed by atoms with van der Waals surface area (Å²) in [5, 5.41) is 3.40. The summed E-state index contributed by atoms with van der Waals surface area (Å²) < 4.78 is 2.61. The van der Waals surface area contributed by atoms with Crippen molar-refractivity contribution < 1.29 is 4.79 Å². The number of para-hydroxylation sites is 1. The van der Waals surface area contributed by atoms with Gasteiger partial charge in [0.15, 0.2) is 0 Å². The lowest BCUT2D eigenvalue weighted by atomic mass is 10.0. The van der Waals surface area contributed by atoms with E-state index in [9.17, 15) is 14.4 Å². The number of hydrogen-bond acceptors (Lipinski definition) is 3. The van der Waals surface area contributed by atoms with E-state index in [1.54, 1.807) is 31.2 Å². The molecule has 28 heavy (non-hydrogen) atoms. The van der Waals surface area contributed by atoms with Gasteiger partial charge in [0.25, 0.3) is 5.56 Å². The number of fused-ring (bicyclic) bond motifs is 1. The quantitative estimate of drug-likeness (QED) is 0.716. The molecule has 2 aromatic carbocycles. The Kier molecular flexibility index (Phi) is 5.78. The molecule has 1 N–H and O–H groups in total. The maximum Gasteiger partial charge on any atom is 0.332 e. The molecule has 0 aliphatic carbocycles. The number of amides is 1. The van der Waals surface area contributed by atoms with Crippen LogP contribution in [0, 0.1) is 0 Å². The predicted molar refractivity (Wildman–Crippen MR) is 111 cm³/mol. The summed E-state index contributed by atoms with van der Waals surface area (Å²) in [7, 11) is 0. The average molecular weight is 379 g/mol. The van der Waals surface area contributed by atoms with Gasteiger partial charge in [-0.1, -0.05) is 49.4 Å². The standard InChI is InChI=1S/C22H25N3O3/c1-4-15(3)23-20(26)19(16-11-7-6-8-12-16)25-18-14-10-9-13-17(18)21(27)24(5-2)22(25)28/h6-15,19H,4-5H2,1-3H3,(H,23,26)/t15-,19-/m1/s1. The Morgan fingerprint density at radius 2 is 1.64 bits per heavy atom. The molecule has 146 valence electrons. The van der Waals surface area contributed by atoms with Gasteiger partial charge in [-0.15, -0.1) is 0 Å². The number of carbonyl (C=O) groups is 1. The highest BCUT2D eigenvalue weighted by Crippen LogP contribution is 2.21. The number of hydrogen-bond donors (Lipinski definition) is 1. The first-order valence-electron chi connectivity index (χ1n) is 9.59. The van der Waals surface area contributed by atoms with E-state index in [0.29, 0.717) is 16.5 Å². The molecule has 3 rings (SSSR count). The lowest BCUT2D eigenvalue weighted by Gasteiger charge is -2.24. The highest BCUT2D eigenvalue weighted by atomic mass is 16.2. The van der Waals surface area contributed by atoms with Crippen LogP contribution in [0.15, 0.2) is 64.2 Å². The summed E-state index contributed by atoms with van der Waals surface area (Å²) in [6.45, 7) is 5.89. The van der Waals surface area contributed by atoms with Crippen molar-refractivity contribution in [3.8, 4) is 0 Å². The van der Waals surface area contributed by atoms with E-state index in [-0.39, 0.29) is 24.1 Å². The van der Waals surface area contributed by atoms with Crippen molar-refractivity contribution in [2.24, 2.45) is 0 Å². The van der Waals surface area contributed by atoms with Crippen LogP contribution in [-0.4, -0.2) is 21.1 Å². The minimum absolute atomic E-state index is 0.0299. The summed E-state index contributed by atoms with van der Waals surface area (Å²) in [6.07, 6.45) is 0.775. The Morgan fingerprint density at radius 1 is 1.00 bits per heavy atom. The third-order valence-corrected chi connectivity index (χ3v) is 5.02. The van der Waals surface area contributed by atoms with Gasteiger partial charge in [-0.25, -0.2) is 4.79 Å².